The molecule has 0 aromatic carbocycles. The van der Waals surface area contributed by atoms with E-state index in [0.29, 0.717) is 0 Å². The van der Waals surface area contributed by atoms with Crippen molar-refractivity contribution in [3.8, 4) is 0 Å². The van der Waals surface area contributed by atoms with Crippen LogP contribution in [0.15, 0.2) is 0 Å². The van der Waals surface area contributed by atoms with E-state index in [4.69, 9.17) is 10.2 Å². The van der Waals surface area contributed by atoms with Gasteiger partial charge in [0, 0.05) is 0 Å². The molecule has 0 saturated carbocycles. The third-order valence-corrected chi connectivity index (χ3v) is 3.52. The minimum absolute atomic E-state index is 1.06. The van der Waals surface area contributed by atoms with Crippen molar-refractivity contribution in [2.75, 3.05) is 0 Å². The summed E-state index contributed by atoms with van der Waals surface area (Å²) in [5, 5.41) is 36.6. The van der Waals surface area contributed by atoms with E-state index in [9.17, 15) is 29.4 Å². The first kappa shape index (κ1) is 17.9. The van der Waals surface area contributed by atoms with Crippen LogP contribution in [0.25, 0.3) is 0 Å². The van der Waals surface area contributed by atoms with E-state index >= 15 is 0 Å². The van der Waals surface area contributed by atoms with E-state index in [0.717, 1.165) is 27.7 Å². The highest BCUT2D eigenvalue weighted by molar-refractivity contribution is 5.91. The zero-order valence-electron chi connectivity index (χ0n) is 11.6. The van der Waals surface area contributed by atoms with Crippen LogP contribution in [-0.4, -0.2) is 44.3 Å². The molecule has 114 valence electrons. The predicted octanol–water partition coefficient (Wildman–Crippen LogP) is 0.610. The van der Waals surface area contributed by atoms with Gasteiger partial charge in [0.25, 0.3) is 0 Å². The second kappa shape index (κ2) is 5.48. The number of carboxylic acids is 4. The zero-order chi connectivity index (χ0) is 16.5. The highest BCUT2D eigenvalue weighted by atomic mass is 16.4. The monoisotopic (exact) mass is 290 g/mol. The highest BCUT2D eigenvalue weighted by Crippen LogP contribution is 2.42. The van der Waals surface area contributed by atoms with Crippen molar-refractivity contribution in [3.05, 3.63) is 0 Å². The Morgan fingerprint density at radius 3 is 0.950 bits per heavy atom. The molecule has 0 aliphatic rings. The molecule has 0 saturated heterocycles. The van der Waals surface area contributed by atoms with Gasteiger partial charge in [0.15, 0.2) is 0 Å². The third kappa shape index (κ3) is 3.06. The summed E-state index contributed by atoms with van der Waals surface area (Å²) < 4.78 is 0. The van der Waals surface area contributed by atoms with Crippen LogP contribution in [-0.2, 0) is 19.2 Å². The van der Waals surface area contributed by atoms with Gasteiger partial charge in [-0.05, 0) is 27.7 Å². The number of hydrogen-bond donors (Lipinski definition) is 4. The molecular formula is C12H18O8. The first-order chi connectivity index (χ1) is 8.77. The Morgan fingerprint density at radius 1 is 0.650 bits per heavy atom. The quantitative estimate of drug-likeness (QED) is 0.532. The maximum absolute atomic E-state index is 11.3. The zero-order valence-corrected chi connectivity index (χ0v) is 11.6. The average Bonchev–Trinajstić information content (AvgIpc) is 2.23. The van der Waals surface area contributed by atoms with Crippen molar-refractivity contribution < 1.29 is 39.6 Å². The lowest BCUT2D eigenvalue weighted by atomic mass is 9.63. The van der Waals surface area contributed by atoms with Gasteiger partial charge in [-0.1, -0.05) is 0 Å². The average molecular weight is 290 g/mol. The minimum atomic E-state index is -1.94. The maximum atomic E-state index is 11.3. The van der Waals surface area contributed by atoms with E-state index < -0.39 is 46.5 Å². The maximum Gasteiger partial charge on any atom is 0.309 e. The van der Waals surface area contributed by atoms with Gasteiger partial charge in [0.05, 0.1) is 22.7 Å². The number of hydrogen-bond acceptors (Lipinski definition) is 4. The summed E-state index contributed by atoms with van der Waals surface area (Å²) in [6.45, 7) is 4.23. The van der Waals surface area contributed by atoms with Gasteiger partial charge in [0.2, 0.25) is 0 Å². The Kier molecular flexibility index (Phi) is 4.90. The van der Waals surface area contributed by atoms with E-state index in [1.54, 1.807) is 0 Å². The van der Waals surface area contributed by atoms with Crippen LogP contribution in [0.2, 0.25) is 0 Å². The summed E-state index contributed by atoms with van der Waals surface area (Å²) in [5.41, 5.74) is -3.89. The van der Waals surface area contributed by atoms with Gasteiger partial charge in [0.1, 0.15) is 0 Å². The summed E-state index contributed by atoms with van der Waals surface area (Å²) >= 11 is 0. The van der Waals surface area contributed by atoms with Gasteiger partial charge in [-0.15, -0.1) is 0 Å². The molecule has 0 rings (SSSR count). The molecule has 0 fully saturated rings. The van der Waals surface area contributed by atoms with Gasteiger partial charge < -0.3 is 20.4 Å². The molecule has 0 aromatic rings. The van der Waals surface area contributed by atoms with Crippen LogP contribution >= 0.6 is 0 Å². The van der Waals surface area contributed by atoms with Gasteiger partial charge in [-0.2, -0.15) is 0 Å². The SMILES string of the molecule is CC(C)(C(=O)O)C(C(=O)O)C(C(=O)O)C(C)(C)C(=O)O. The van der Waals surface area contributed by atoms with Crippen LogP contribution in [0, 0.1) is 22.7 Å². The normalized spacial score (nSPS) is 15.2. The third-order valence-electron chi connectivity index (χ3n) is 3.52. The number of carbonyl (C=O) groups is 4. The molecule has 0 heterocycles. The first-order valence-electron chi connectivity index (χ1n) is 5.70. The molecule has 0 radical (unpaired) electrons. The molecule has 0 amide bonds. The van der Waals surface area contributed by atoms with Crippen LogP contribution < -0.4 is 0 Å². The Hall–Kier alpha value is -2.12. The molecule has 0 bridgehead atoms. The number of carboxylic acid groups (broad SMARTS) is 4. The molecule has 0 aromatic heterocycles. The van der Waals surface area contributed by atoms with E-state index in [1.165, 1.54) is 0 Å². The van der Waals surface area contributed by atoms with E-state index in [1.807, 2.05) is 0 Å². The smallest absolute Gasteiger partial charge is 0.309 e. The number of aliphatic carboxylic acids is 4. The molecular weight excluding hydrogens is 272 g/mol. The first-order valence-corrected chi connectivity index (χ1v) is 5.70. The number of rotatable bonds is 7. The van der Waals surface area contributed by atoms with Crippen molar-refractivity contribution >= 4 is 23.9 Å². The van der Waals surface area contributed by atoms with Crippen molar-refractivity contribution in [2.45, 2.75) is 27.7 Å². The lowest BCUT2D eigenvalue weighted by Gasteiger charge is -2.37. The van der Waals surface area contributed by atoms with Crippen LogP contribution in [0.4, 0.5) is 0 Å². The lowest BCUT2D eigenvalue weighted by Crippen LogP contribution is -2.52. The Morgan fingerprint density at radius 2 is 0.850 bits per heavy atom. The van der Waals surface area contributed by atoms with Crippen molar-refractivity contribution in [1.29, 1.82) is 0 Å². The van der Waals surface area contributed by atoms with Gasteiger partial charge >= 0.3 is 23.9 Å². The Bertz CT molecular complexity index is 406. The highest BCUT2D eigenvalue weighted by Gasteiger charge is 2.56. The molecule has 20 heavy (non-hydrogen) atoms. The van der Waals surface area contributed by atoms with Crippen LogP contribution in [0.1, 0.15) is 27.7 Å². The van der Waals surface area contributed by atoms with Gasteiger partial charge in [-0.3, -0.25) is 19.2 Å². The van der Waals surface area contributed by atoms with Crippen LogP contribution in [0.3, 0.4) is 0 Å². The fourth-order valence-electron chi connectivity index (χ4n) is 2.00. The lowest BCUT2D eigenvalue weighted by molar-refractivity contribution is -0.178. The van der Waals surface area contributed by atoms with Crippen molar-refractivity contribution in [1.82, 2.24) is 0 Å². The molecule has 0 spiro atoms. The summed E-state index contributed by atoms with van der Waals surface area (Å²) in [6.07, 6.45) is 0. The summed E-state index contributed by atoms with van der Waals surface area (Å²) in [4.78, 5) is 45.1. The molecule has 4 N–H and O–H groups in total. The van der Waals surface area contributed by atoms with Crippen molar-refractivity contribution in [3.63, 3.8) is 0 Å². The largest absolute Gasteiger partial charge is 0.481 e. The fourth-order valence-corrected chi connectivity index (χ4v) is 2.00. The molecule has 2 atom stereocenters. The molecule has 8 heteroatoms. The Balaban J connectivity index is 6.12. The standard InChI is InChI=1S/C12H18O8/c1-11(2,9(17)18)5(7(13)14)6(8(15)16)12(3,4)10(19)20/h5-6H,1-4H3,(H,13,14)(H,15,16)(H,17,18)(H,19,20). The molecule has 0 aliphatic heterocycles. The minimum Gasteiger partial charge on any atom is -0.481 e. The second-order valence-electron chi connectivity index (χ2n) is 5.69. The van der Waals surface area contributed by atoms with Crippen LogP contribution in [0.5, 0.6) is 0 Å². The molecule has 8 nitrogen and oxygen atoms in total. The molecule has 2 unspecified atom stereocenters. The summed E-state index contributed by atoms with van der Waals surface area (Å²) in [6, 6.07) is 0. The predicted molar refractivity (Wildman–Crippen MR) is 65.1 cm³/mol. The summed E-state index contributed by atoms with van der Waals surface area (Å²) in [5.74, 6) is -10.2. The fraction of sp³-hybridized carbons (Fsp3) is 0.667. The second-order valence-corrected chi connectivity index (χ2v) is 5.69. The Labute approximate surface area is 115 Å². The topological polar surface area (TPSA) is 149 Å². The summed E-state index contributed by atoms with van der Waals surface area (Å²) in [7, 11) is 0. The molecule has 0 aliphatic carbocycles. The van der Waals surface area contributed by atoms with E-state index in [-0.39, 0.29) is 0 Å². The van der Waals surface area contributed by atoms with Gasteiger partial charge in [-0.25, -0.2) is 0 Å². The van der Waals surface area contributed by atoms with E-state index in [2.05, 4.69) is 0 Å². The van der Waals surface area contributed by atoms with Crippen molar-refractivity contribution in [2.24, 2.45) is 22.7 Å².